The van der Waals surface area contributed by atoms with Crippen molar-refractivity contribution in [1.82, 2.24) is 52.4 Å². The lowest BCUT2D eigenvalue weighted by atomic mass is 9.97. The Labute approximate surface area is 515 Å². The number of hydrogen-bond acceptors (Lipinski definition) is 17. The van der Waals surface area contributed by atoms with Crippen molar-refractivity contribution in [2.24, 2.45) is 45.5 Å². The summed E-state index contributed by atoms with van der Waals surface area (Å²) in [7, 11) is 0. The molecule has 0 aliphatic carbocycles. The normalized spacial score (nSPS) is 16.7. The van der Waals surface area contributed by atoms with Crippen molar-refractivity contribution in [2.45, 2.75) is 191 Å². The van der Waals surface area contributed by atoms with Crippen molar-refractivity contribution in [1.29, 1.82) is 0 Å². The maximum absolute atomic E-state index is 14.8. The number of nitrogens with one attached hydrogen (secondary N) is 9. The molecule has 0 bridgehead atoms. The quantitative estimate of drug-likeness (QED) is 0.0171. The predicted octanol–water partition coefficient (Wildman–Crippen LogP) is -4.23. The molecule has 0 radical (unpaired) electrons. The monoisotopic (exact) mass is 1260 g/mol. The molecule has 89 heavy (non-hydrogen) atoms. The van der Waals surface area contributed by atoms with E-state index in [9.17, 15) is 78.0 Å². The zero-order chi connectivity index (χ0) is 66.7. The highest BCUT2D eigenvalue weighted by Gasteiger charge is 2.42. The predicted molar refractivity (Wildman–Crippen MR) is 324 cm³/mol. The number of carbonyl (C=O) groups is 12. The molecule has 0 saturated carbocycles. The first-order valence-electron chi connectivity index (χ1n) is 29.8. The largest absolute Gasteiger partial charge is 0.481 e. The number of H-pyrrole nitrogens is 1. The average molecular weight is 1260 g/mol. The van der Waals surface area contributed by atoms with Crippen LogP contribution in [0.4, 0.5) is 0 Å². The summed E-state index contributed by atoms with van der Waals surface area (Å²) in [6.07, 6.45) is -0.279. The van der Waals surface area contributed by atoms with Gasteiger partial charge in [-0.2, -0.15) is 0 Å². The van der Waals surface area contributed by atoms with Crippen LogP contribution in [-0.4, -0.2) is 200 Å². The number of carboxylic acids is 2. The van der Waals surface area contributed by atoms with Crippen LogP contribution in [0.25, 0.3) is 10.9 Å². The highest BCUT2D eigenvalue weighted by Crippen LogP contribution is 2.23. The minimum Gasteiger partial charge on any atom is -0.481 e. The Morgan fingerprint density at radius 2 is 1.24 bits per heavy atom. The number of amides is 10. The van der Waals surface area contributed by atoms with Crippen LogP contribution >= 0.6 is 0 Å². The summed E-state index contributed by atoms with van der Waals surface area (Å²) in [5, 5.41) is 60.5. The number of benzene rings is 1. The van der Waals surface area contributed by atoms with E-state index < -0.39 is 163 Å². The third kappa shape index (κ3) is 24.5. The lowest BCUT2D eigenvalue weighted by molar-refractivity contribution is -0.145. The summed E-state index contributed by atoms with van der Waals surface area (Å²) in [4.78, 5) is 170. The summed E-state index contributed by atoms with van der Waals surface area (Å²) in [5.74, 6) is -13.1. The van der Waals surface area contributed by atoms with Crippen LogP contribution in [0, 0.1) is 11.8 Å². The lowest BCUT2D eigenvalue weighted by Gasteiger charge is -2.32. The number of nitrogens with two attached hydrogens (primary N) is 5. The van der Waals surface area contributed by atoms with Gasteiger partial charge in [0.15, 0.2) is 5.96 Å². The molecular weight excluding hydrogens is 1160 g/mol. The van der Waals surface area contributed by atoms with Gasteiger partial charge in [-0.25, -0.2) is 4.79 Å². The molecule has 10 amide bonds. The topological polar surface area (TPSA) is 543 Å². The number of aliphatic carboxylic acids is 2. The van der Waals surface area contributed by atoms with E-state index in [-0.39, 0.29) is 89.2 Å². The van der Waals surface area contributed by atoms with Crippen LogP contribution in [-0.2, 0) is 64.0 Å². The van der Waals surface area contributed by atoms with E-state index in [1.165, 1.54) is 6.92 Å². The number of aromatic nitrogens is 1. The second-order valence-corrected chi connectivity index (χ2v) is 22.6. The fraction of sp³-hybridized carbons (Fsp3) is 0.632. The van der Waals surface area contributed by atoms with E-state index in [4.69, 9.17) is 28.7 Å². The van der Waals surface area contributed by atoms with E-state index in [1.807, 2.05) is 0 Å². The fourth-order valence-corrected chi connectivity index (χ4v) is 9.83. The molecule has 1 aliphatic rings. The van der Waals surface area contributed by atoms with Crippen LogP contribution in [0.1, 0.15) is 124 Å². The van der Waals surface area contributed by atoms with E-state index in [2.05, 4.69) is 52.5 Å². The smallest absolute Gasteiger partial charge is 0.328 e. The van der Waals surface area contributed by atoms with E-state index in [0.29, 0.717) is 35.9 Å². The SMILES string of the molecule is CC[C@H](C)[C@H](NC(=O)[C@H](CCC(=O)O)NC(=O)[C@H](CC(C)C)NC(=O)[C@@H]1CCCN1C(=O)[C@@H](NC(=O)[C@H](Cc1c[nH]c2ccccc12)NC(=O)[C@H](CCCN=C(N)N)NC(=O)[C@H](CCC(N)=O)NC(=O)[C@@H](N)CCCCN)[C@@H](C)O)C(=O)N[C@@H](CO)C(=O)O. The molecule has 1 aliphatic heterocycles. The summed E-state index contributed by atoms with van der Waals surface area (Å²) in [6, 6.07) is -7.69. The molecule has 0 unspecified atom stereocenters. The van der Waals surface area contributed by atoms with Gasteiger partial charge >= 0.3 is 11.9 Å². The van der Waals surface area contributed by atoms with Gasteiger partial charge in [0.05, 0.1) is 18.8 Å². The van der Waals surface area contributed by atoms with Crippen molar-refractivity contribution < 1.29 is 78.0 Å². The second-order valence-electron chi connectivity index (χ2n) is 22.6. The molecule has 1 fully saturated rings. The molecule has 1 aromatic carbocycles. The Balaban J connectivity index is 1.97. The number of primary amides is 1. The van der Waals surface area contributed by atoms with Gasteiger partial charge < -0.3 is 102 Å². The van der Waals surface area contributed by atoms with Crippen LogP contribution in [0.3, 0.4) is 0 Å². The van der Waals surface area contributed by atoms with Crippen molar-refractivity contribution >= 4 is 87.9 Å². The third-order valence-electron chi connectivity index (χ3n) is 15.0. The number of aliphatic imine (C=N–C) groups is 1. The van der Waals surface area contributed by atoms with Crippen LogP contribution < -0.4 is 71.2 Å². The number of aromatic amines is 1. The summed E-state index contributed by atoms with van der Waals surface area (Å²) in [5.41, 5.74) is 29.4. The lowest BCUT2D eigenvalue weighted by Crippen LogP contribution is -2.62. The summed E-state index contributed by atoms with van der Waals surface area (Å²) < 4.78 is 0. The van der Waals surface area contributed by atoms with Crippen molar-refractivity contribution in [3.05, 3.63) is 36.0 Å². The average Bonchev–Trinajstić information content (AvgIpc) is 2.25. The van der Waals surface area contributed by atoms with Crippen molar-refractivity contribution in [3.8, 4) is 0 Å². The zero-order valence-electron chi connectivity index (χ0n) is 51.1. The Morgan fingerprint density at radius 3 is 1.81 bits per heavy atom. The molecule has 496 valence electrons. The van der Waals surface area contributed by atoms with Gasteiger partial charge in [-0.05, 0) is 94.7 Å². The number of guanidine groups is 1. The number of rotatable bonds is 40. The standard InChI is InChI=1S/C57H92N16O16/c1-6-30(4)45(54(86)70-41(28-74)56(88)89)71-50(82)38(19-21-44(77)78)67-51(83)39(25-29(2)3)69-53(85)42-17-12-24-73(42)55(87)46(31(5)75)72-52(84)40(26-32-27-64-35-15-8-7-13-33(32)35)68-48(80)36(16-11-23-63-57(61)62)66-49(81)37(18-20-43(60)76)65-47(79)34(59)14-9-10-22-58/h7-8,13,15,27,29-31,34,36-42,45-46,64,74-75H,6,9-12,14,16-26,28,58-59H2,1-5H3,(H2,60,76)(H,65,79)(H,66,81)(H,67,83)(H,68,80)(H,69,85)(H,70,86)(H,71,82)(H,72,84)(H,77,78)(H,88,89)(H4,61,62,63)/t30-,31+,34-,36-,37-,38-,39-,40-,41-,42-,45-,46-/m0/s1. The number of aliphatic hydroxyl groups is 2. The number of hydrogen-bond donors (Lipinski definition) is 18. The first-order valence-corrected chi connectivity index (χ1v) is 29.8. The number of nitrogens with zero attached hydrogens (tertiary/aromatic N) is 2. The molecule has 0 spiro atoms. The Bertz CT molecular complexity index is 2790. The summed E-state index contributed by atoms with van der Waals surface area (Å²) >= 11 is 0. The van der Waals surface area contributed by atoms with E-state index in [0.717, 1.165) is 4.90 Å². The molecule has 1 saturated heterocycles. The van der Waals surface area contributed by atoms with Crippen LogP contribution in [0.2, 0.25) is 0 Å². The highest BCUT2D eigenvalue weighted by atomic mass is 16.4. The number of fused-ring (bicyclic) bond motifs is 1. The number of para-hydroxylation sites is 1. The molecule has 23 N–H and O–H groups in total. The van der Waals surface area contributed by atoms with Crippen LogP contribution in [0.5, 0.6) is 0 Å². The number of aliphatic hydroxyl groups excluding tert-OH is 2. The fourth-order valence-electron chi connectivity index (χ4n) is 9.83. The van der Waals surface area contributed by atoms with Gasteiger partial charge in [0.25, 0.3) is 0 Å². The Kier molecular flexibility index (Phi) is 31.4. The van der Waals surface area contributed by atoms with Gasteiger partial charge in [0.2, 0.25) is 59.1 Å². The van der Waals surface area contributed by atoms with E-state index >= 15 is 0 Å². The Hall–Kier alpha value is -8.49. The molecule has 32 nitrogen and oxygen atoms in total. The van der Waals surface area contributed by atoms with Gasteiger partial charge in [-0.1, -0.05) is 58.7 Å². The molecule has 2 heterocycles. The minimum atomic E-state index is -1.77. The first kappa shape index (κ1) is 74.8. The van der Waals surface area contributed by atoms with Crippen LogP contribution in [0.15, 0.2) is 35.5 Å². The van der Waals surface area contributed by atoms with Gasteiger partial charge in [0, 0.05) is 49.5 Å². The van der Waals surface area contributed by atoms with Gasteiger partial charge in [-0.15, -0.1) is 0 Å². The molecule has 3 rings (SSSR count). The van der Waals surface area contributed by atoms with Gasteiger partial charge in [-0.3, -0.25) is 57.7 Å². The number of carbonyl (C=O) groups excluding carboxylic acids is 10. The number of unbranched alkanes of at least 4 members (excludes halogenated alkanes) is 1. The third-order valence-corrected chi connectivity index (χ3v) is 15.0. The number of likely N-dealkylation sites (tertiary alicyclic amines) is 1. The zero-order valence-corrected chi connectivity index (χ0v) is 51.1. The molecule has 32 heteroatoms. The molecule has 2 aromatic rings. The minimum absolute atomic E-state index is 0.0109. The van der Waals surface area contributed by atoms with E-state index in [1.54, 1.807) is 58.2 Å². The Morgan fingerprint density at radius 1 is 0.674 bits per heavy atom. The molecular formula is C57H92N16O16. The summed E-state index contributed by atoms with van der Waals surface area (Å²) in [6.45, 7) is 7.23. The number of carboxylic acid groups (broad SMARTS) is 2. The van der Waals surface area contributed by atoms with Crippen molar-refractivity contribution in [2.75, 3.05) is 26.2 Å². The molecule has 1 aromatic heterocycles. The molecule has 12 atom stereocenters. The highest BCUT2D eigenvalue weighted by molar-refractivity contribution is 5.99. The maximum atomic E-state index is 14.8. The van der Waals surface area contributed by atoms with Gasteiger partial charge in [0.1, 0.15) is 54.4 Å². The van der Waals surface area contributed by atoms with Crippen molar-refractivity contribution in [3.63, 3.8) is 0 Å². The first-order chi connectivity index (χ1) is 42.0. The maximum Gasteiger partial charge on any atom is 0.328 e. The second kappa shape index (κ2) is 37.4.